The van der Waals surface area contributed by atoms with Crippen molar-refractivity contribution in [3.63, 3.8) is 0 Å². The maximum absolute atomic E-state index is 11.6. The average Bonchev–Trinajstić information content (AvgIpc) is 2.19. The van der Waals surface area contributed by atoms with Gasteiger partial charge in [-0.05, 0) is 6.42 Å². The number of nitrogens with one attached hydrogen (secondary N) is 1. The van der Waals surface area contributed by atoms with Crippen LogP contribution in [0.25, 0.3) is 0 Å². The van der Waals surface area contributed by atoms with Crippen LogP contribution in [0.4, 0.5) is 0 Å². The second-order valence-electron chi connectivity index (χ2n) is 5.05. The minimum atomic E-state index is 0.351. The highest BCUT2D eigenvalue weighted by Crippen LogP contribution is 2.13. The van der Waals surface area contributed by atoms with Gasteiger partial charge in [0.1, 0.15) is 5.78 Å². The number of carbonyl (C=O) groups is 1. The minimum Gasteiger partial charge on any atom is -0.315 e. The molecule has 1 fully saturated rings. The van der Waals surface area contributed by atoms with Gasteiger partial charge in [0.15, 0.2) is 0 Å². The highest BCUT2D eigenvalue weighted by molar-refractivity contribution is 5.82. The van der Waals surface area contributed by atoms with Gasteiger partial charge in [-0.2, -0.15) is 0 Å². The van der Waals surface area contributed by atoms with E-state index in [1.807, 2.05) is 0 Å². The molecule has 0 unspecified atom stereocenters. The summed E-state index contributed by atoms with van der Waals surface area (Å²) in [4.78, 5) is 11.6. The van der Waals surface area contributed by atoms with Crippen LogP contribution >= 0.6 is 0 Å². The number of ketones is 1. The van der Waals surface area contributed by atoms with E-state index < -0.39 is 0 Å². The van der Waals surface area contributed by atoms with Crippen molar-refractivity contribution in [2.75, 3.05) is 13.1 Å². The van der Waals surface area contributed by atoms with Crippen LogP contribution in [-0.2, 0) is 4.79 Å². The largest absolute Gasteiger partial charge is 0.315 e. The van der Waals surface area contributed by atoms with Crippen molar-refractivity contribution in [2.24, 2.45) is 5.92 Å². The first-order valence-corrected chi connectivity index (χ1v) is 7.08. The molecule has 0 aromatic carbocycles. The summed E-state index contributed by atoms with van der Waals surface area (Å²) in [7, 11) is 0. The first-order valence-electron chi connectivity index (χ1n) is 7.08. The molecule has 1 aliphatic rings. The molecule has 2 nitrogen and oxygen atoms in total. The van der Waals surface area contributed by atoms with E-state index in [2.05, 4.69) is 12.2 Å². The number of hydrogen-bond acceptors (Lipinski definition) is 2. The molecule has 0 aromatic heterocycles. The van der Waals surface area contributed by atoms with Crippen LogP contribution < -0.4 is 5.32 Å². The summed E-state index contributed by atoms with van der Waals surface area (Å²) in [5.74, 6) is 0.842. The van der Waals surface area contributed by atoms with Gasteiger partial charge in [0.25, 0.3) is 0 Å². The van der Waals surface area contributed by atoms with Gasteiger partial charge < -0.3 is 5.32 Å². The molecule has 0 aromatic rings. The van der Waals surface area contributed by atoms with Gasteiger partial charge in [-0.15, -0.1) is 0 Å². The van der Waals surface area contributed by atoms with E-state index in [1.165, 1.54) is 44.9 Å². The number of rotatable bonds is 10. The van der Waals surface area contributed by atoms with Crippen LogP contribution in [-0.4, -0.2) is 18.9 Å². The number of hydrogen-bond donors (Lipinski definition) is 1. The van der Waals surface area contributed by atoms with Crippen LogP contribution in [0.5, 0.6) is 0 Å². The lowest BCUT2D eigenvalue weighted by atomic mass is 9.94. The van der Waals surface area contributed by atoms with Gasteiger partial charge in [0, 0.05) is 25.4 Å². The molecule has 94 valence electrons. The first-order chi connectivity index (χ1) is 7.84. The fourth-order valence-electron chi connectivity index (χ4n) is 2.15. The molecule has 0 amide bonds. The molecule has 2 heteroatoms. The summed E-state index contributed by atoms with van der Waals surface area (Å²) in [6.45, 7) is 4.10. The van der Waals surface area contributed by atoms with Crippen LogP contribution in [0.3, 0.4) is 0 Å². The van der Waals surface area contributed by atoms with Gasteiger partial charge >= 0.3 is 0 Å². The first kappa shape index (κ1) is 13.7. The van der Waals surface area contributed by atoms with Crippen molar-refractivity contribution in [2.45, 2.75) is 64.7 Å². The van der Waals surface area contributed by atoms with E-state index in [1.54, 1.807) is 0 Å². The molecule has 1 saturated heterocycles. The fraction of sp³-hybridized carbons (Fsp3) is 0.929. The second kappa shape index (κ2) is 8.74. The molecule has 1 rings (SSSR count). The number of Topliss-reactive ketones (excluding diaryl/α,β-unsaturated/α-hetero) is 1. The molecule has 1 N–H and O–H groups in total. The smallest absolute Gasteiger partial charge is 0.138 e. The molecule has 1 aliphatic heterocycles. The van der Waals surface area contributed by atoms with Crippen molar-refractivity contribution in [3.05, 3.63) is 0 Å². The summed E-state index contributed by atoms with van der Waals surface area (Å²) in [5, 5.41) is 3.15. The lowest BCUT2D eigenvalue weighted by molar-refractivity contribution is -0.124. The average molecular weight is 225 g/mol. The Kier molecular flexibility index (Phi) is 7.48. The topological polar surface area (TPSA) is 29.1 Å². The van der Waals surface area contributed by atoms with Gasteiger partial charge in [-0.25, -0.2) is 0 Å². The van der Waals surface area contributed by atoms with Gasteiger partial charge in [-0.1, -0.05) is 51.9 Å². The van der Waals surface area contributed by atoms with Gasteiger partial charge in [0.05, 0.1) is 0 Å². The van der Waals surface area contributed by atoms with E-state index in [-0.39, 0.29) is 0 Å². The third-order valence-electron chi connectivity index (χ3n) is 3.51. The Hall–Kier alpha value is -0.370. The Bertz CT molecular complexity index is 187. The summed E-state index contributed by atoms with van der Waals surface area (Å²) in [6, 6.07) is 0. The summed E-state index contributed by atoms with van der Waals surface area (Å²) in [5.41, 5.74) is 0. The Morgan fingerprint density at radius 2 is 1.56 bits per heavy atom. The third-order valence-corrected chi connectivity index (χ3v) is 3.51. The van der Waals surface area contributed by atoms with E-state index in [0.717, 1.165) is 25.9 Å². The fourth-order valence-corrected chi connectivity index (χ4v) is 2.15. The maximum Gasteiger partial charge on any atom is 0.138 e. The van der Waals surface area contributed by atoms with Crippen molar-refractivity contribution in [1.29, 1.82) is 0 Å². The van der Waals surface area contributed by atoms with E-state index >= 15 is 0 Å². The summed E-state index contributed by atoms with van der Waals surface area (Å²) in [6.07, 6.45) is 11.3. The maximum atomic E-state index is 11.6. The van der Waals surface area contributed by atoms with E-state index in [0.29, 0.717) is 11.7 Å². The minimum absolute atomic E-state index is 0.351. The lowest BCUT2D eigenvalue weighted by Crippen LogP contribution is -2.46. The van der Waals surface area contributed by atoms with Crippen LogP contribution in [0.15, 0.2) is 0 Å². The predicted octanol–water partition coefficient (Wildman–Crippen LogP) is 3.31. The number of carbonyl (C=O) groups excluding carboxylic acids is 1. The van der Waals surface area contributed by atoms with E-state index in [4.69, 9.17) is 0 Å². The normalized spacial score (nSPS) is 16.1. The molecule has 0 atom stereocenters. The highest BCUT2D eigenvalue weighted by Gasteiger charge is 2.23. The highest BCUT2D eigenvalue weighted by atomic mass is 16.1. The molecule has 0 bridgehead atoms. The van der Waals surface area contributed by atoms with Crippen LogP contribution in [0, 0.1) is 5.92 Å². The Balaban J connectivity index is 1.79. The van der Waals surface area contributed by atoms with Gasteiger partial charge in [-0.3, -0.25) is 4.79 Å². The Morgan fingerprint density at radius 1 is 1.00 bits per heavy atom. The standard InChI is InChI=1S/C14H27NO/c1-2-3-4-5-6-7-8-9-10-14(16)13-11-15-12-13/h13,15H,2-12H2,1H3. The SMILES string of the molecule is CCCCCCCCCCC(=O)C1CNC1. The predicted molar refractivity (Wildman–Crippen MR) is 68.6 cm³/mol. The van der Waals surface area contributed by atoms with Crippen LogP contribution in [0.2, 0.25) is 0 Å². The zero-order chi connectivity index (χ0) is 11.6. The zero-order valence-electron chi connectivity index (χ0n) is 10.8. The zero-order valence-corrected chi connectivity index (χ0v) is 10.8. The summed E-state index contributed by atoms with van der Waals surface area (Å²) >= 11 is 0. The number of unbranched alkanes of at least 4 members (excludes halogenated alkanes) is 7. The molecule has 0 spiro atoms. The quantitative estimate of drug-likeness (QED) is 0.578. The van der Waals surface area contributed by atoms with Crippen LogP contribution in [0.1, 0.15) is 64.7 Å². The van der Waals surface area contributed by atoms with Crippen molar-refractivity contribution in [3.8, 4) is 0 Å². The summed E-state index contributed by atoms with van der Waals surface area (Å²) < 4.78 is 0. The van der Waals surface area contributed by atoms with Crippen molar-refractivity contribution < 1.29 is 4.79 Å². The Labute approximate surface area is 100 Å². The third kappa shape index (κ3) is 5.64. The monoisotopic (exact) mass is 225 g/mol. The molecule has 0 saturated carbocycles. The molecule has 16 heavy (non-hydrogen) atoms. The van der Waals surface area contributed by atoms with E-state index in [9.17, 15) is 4.79 Å². The molecular formula is C14H27NO. The molecular weight excluding hydrogens is 198 g/mol. The molecule has 1 heterocycles. The van der Waals surface area contributed by atoms with Gasteiger partial charge in [0.2, 0.25) is 0 Å². The second-order valence-corrected chi connectivity index (χ2v) is 5.05. The Morgan fingerprint density at radius 3 is 2.06 bits per heavy atom. The molecule has 0 aliphatic carbocycles. The molecule has 0 radical (unpaired) electrons. The lowest BCUT2D eigenvalue weighted by Gasteiger charge is -2.25. The van der Waals surface area contributed by atoms with Crippen molar-refractivity contribution >= 4 is 5.78 Å². The van der Waals surface area contributed by atoms with Crippen molar-refractivity contribution in [1.82, 2.24) is 5.32 Å².